The summed E-state index contributed by atoms with van der Waals surface area (Å²) in [6.45, 7) is 5.44. The Balaban J connectivity index is 0.00000200. The summed E-state index contributed by atoms with van der Waals surface area (Å²) >= 11 is 1.31. The number of aromatic amines is 1. The quantitative estimate of drug-likeness (QED) is 0.880. The highest BCUT2D eigenvalue weighted by Gasteiger charge is 2.17. The molecule has 2 aromatic rings. The van der Waals surface area contributed by atoms with Crippen LogP contribution in [-0.4, -0.2) is 21.0 Å². The third-order valence-corrected chi connectivity index (χ3v) is 3.80. The highest BCUT2D eigenvalue weighted by molar-refractivity contribution is 7.13. The van der Waals surface area contributed by atoms with Crippen molar-refractivity contribution in [2.24, 2.45) is 0 Å². The summed E-state index contributed by atoms with van der Waals surface area (Å²) in [6, 6.07) is 0. The lowest BCUT2D eigenvalue weighted by molar-refractivity contribution is 0.101. The fourth-order valence-corrected chi connectivity index (χ4v) is 2.90. The van der Waals surface area contributed by atoms with Crippen LogP contribution >= 0.6 is 23.7 Å². The molecule has 0 saturated heterocycles. The van der Waals surface area contributed by atoms with Crippen LogP contribution in [0.15, 0.2) is 10.2 Å². The molecule has 108 valence electrons. The number of Topliss-reactive ketones (excluding diaryl/α,β-unsaturated/α-hetero) is 1. The molecule has 0 saturated carbocycles. The number of carbonyl (C=O) groups excluding carboxylic acids is 1. The first-order chi connectivity index (χ1) is 9.08. The number of nitrogens with zero attached hydrogens (tertiary/aromatic N) is 2. The molecule has 0 amide bonds. The van der Waals surface area contributed by atoms with Crippen LogP contribution in [0.1, 0.15) is 42.5 Å². The number of halogens is 1. The molecule has 2 rings (SSSR count). The van der Waals surface area contributed by atoms with Crippen molar-refractivity contribution in [2.45, 2.75) is 33.6 Å². The van der Waals surface area contributed by atoms with Gasteiger partial charge in [0.25, 0.3) is 5.56 Å². The molecule has 1 N–H and O–H groups in total. The molecule has 0 aliphatic carbocycles. The smallest absolute Gasteiger partial charge is 0.274 e. The molecule has 0 aliphatic heterocycles. The Bertz CT molecular complexity index is 678. The molecular formula is C13H16ClN3O2S. The molecular weight excluding hydrogens is 298 g/mol. The second kappa shape index (κ2) is 6.76. The number of carbonyl (C=O) groups is 1. The van der Waals surface area contributed by atoms with Crippen LogP contribution in [0.5, 0.6) is 0 Å². The first-order valence-electron chi connectivity index (χ1n) is 6.15. The summed E-state index contributed by atoms with van der Waals surface area (Å²) < 4.78 is 0. The molecule has 0 aromatic carbocycles. The van der Waals surface area contributed by atoms with Gasteiger partial charge in [-0.1, -0.05) is 13.8 Å². The fourth-order valence-electron chi connectivity index (χ4n) is 1.97. The van der Waals surface area contributed by atoms with Crippen LogP contribution in [0.25, 0.3) is 10.6 Å². The van der Waals surface area contributed by atoms with E-state index in [2.05, 4.69) is 15.2 Å². The van der Waals surface area contributed by atoms with Crippen molar-refractivity contribution in [2.75, 3.05) is 0 Å². The average molecular weight is 314 g/mol. The minimum atomic E-state index is -0.251. The van der Waals surface area contributed by atoms with E-state index in [9.17, 15) is 9.59 Å². The summed E-state index contributed by atoms with van der Waals surface area (Å²) in [4.78, 5) is 27.6. The number of ketones is 1. The van der Waals surface area contributed by atoms with Gasteiger partial charge in [0.05, 0.1) is 11.3 Å². The average Bonchev–Trinajstić information content (AvgIpc) is 2.87. The van der Waals surface area contributed by atoms with Gasteiger partial charge in [-0.05, 0) is 18.4 Å². The molecule has 2 heterocycles. The van der Waals surface area contributed by atoms with E-state index in [0.29, 0.717) is 22.7 Å². The highest BCUT2D eigenvalue weighted by atomic mass is 35.5. The molecule has 2 aromatic heterocycles. The number of aromatic nitrogens is 3. The summed E-state index contributed by atoms with van der Waals surface area (Å²) in [5, 5.41) is 8.84. The monoisotopic (exact) mass is 313 g/mol. The molecule has 7 heteroatoms. The van der Waals surface area contributed by atoms with Crippen molar-refractivity contribution in [1.82, 2.24) is 15.2 Å². The minimum Gasteiger partial charge on any atom is -0.293 e. The largest absolute Gasteiger partial charge is 0.293 e. The SMILES string of the molecule is CCc1n[nH]c(=O)c(-c2nc(C(C)=O)cs2)c1CC.Cl. The number of nitrogens with one attached hydrogen (secondary N) is 1. The minimum absolute atomic E-state index is 0. The number of H-pyrrole nitrogens is 1. The van der Waals surface area contributed by atoms with E-state index in [1.807, 2.05) is 13.8 Å². The van der Waals surface area contributed by atoms with Gasteiger partial charge in [0, 0.05) is 12.3 Å². The zero-order valence-electron chi connectivity index (χ0n) is 11.5. The van der Waals surface area contributed by atoms with E-state index in [0.717, 1.165) is 17.7 Å². The van der Waals surface area contributed by atoms with Gasteiger partial charge in [0.2, 0.25) is 0 Å². The van der Waals surface area contributed by atoms with Crippen LogP contribution < -0.4 is 5.56 Å². The standard InChI is InChI=1S/C13H15N3O2S.ClH/c1-4-8-9(5-2)15-16-12(18)11(8)13-14-10(6-19-13)7(3)17;/h6H,4-5H2,1-3H3,(H,16,18);1H. The molecule has 0 spiro atoms. The van der Waals surface area contributed by atoms with Gasteiger partial charge in [-0.15, -0.1) is 23.7 Å². The lowest BCUT2D eigenvalue weighted by Gasteiger charge is -2.07. The zero-order valence-corrected chi connectivity index (χ0v) is 13.2. The molecule has 20 heavy (non-hydrogen) atoms. The fraction of sp³-hybridized carbons (Fsp3) is 0.385. The molecule has 0 unspecified atom stereocenters. The van der Waals surface area contributed by atoms with Crippen molar-refractivity contribution in [3.8, 4) is 10.6 Å². The normalized spacial score (nSPS) is 10.2. The van der Waals surface area contributed by atoms with Gasteiger partial charge in [-0.3, -0.25) is 9.59 Å². The predicted molar refractivity (Wildman–Crippen MR) is 82.0 cm³/mol. The van der Waals surface area contributed by atoms with Crippen molar-refractivity contribution in [3.05, 3.63) is 32.7 Å². The summed E-state index contributed by atoms with van der Waals surface area (Å²) in [5.41, 5.74) is 2.48. The third kappa shape index (κ3) is 2.96. The van der Waals surface area contributed by atoms with Crippen molar-refractivity contribution >= 4 is 29.5 Å². The summed E-state index contributed by atoms with van der Waals surface area (Å²) in [6.07, 6.45) is 1.46. The Kier molecular flexibility index (Phi) is 5.59. The number of hydrogen-bond acceptors (Lipinski definition) is 5. The third-order valence-electron chi connectivity index (χ3n) is 2.94. The van der Waals surface area contributed by atoms with Crippen molar-refractivity contribution < 1.29 is 4.79 Å². The maximum Gasteiger partial charge on any atom is 0.274 e. The van der Waals surface area contributed by atoms with Crippen LogP contribution in [-0.2, 0) is 12.8 Å². The second-order valence-electron chi connectivity index (χ2n) is 4.15. The Morgan fingerprint density at radius 3 is 2.55 bits per heavy atom. The Labute approximate surface area is 126 Å². The van der Waals surface area contributed by atoms with E-state index in [4.69, 9.17) is 0 Å². The molecule has 0 radical (unpaired) electrons. The number of hydrogen-bond donors (Lipinski definition) is 1. The Morgan fingerprint density at radius 1 is 1.35 bits per heavy atom. The Morgan fingerprint density at radius 2 is 2.05 bits per heavy atom. The first-order valence-corrected chi connectivity index (χ1v) is 7.03. The van der Waals surface area contributed by atoms with Gasteiger partial charge >= 0.3 is 0 Å². The predicted octanol–water partition coefficient (Wildman–Crippen LogP) is 2.64. The van der Waals surface area contributed by atoms with E-state index >= 15 is 0 Å². The zero-order chi connectivity index (χ0) is 14.0. The molecule has 5 nitrogen and oxygen atoms in total. The molecule has 0 aliphatic rings. The summed E-state index contributed by atoms with van der Waals surface area (Å²) in [5.74, 6) is -0.0956. The maximum absolute atomic E-state index is 12.0. The van der Waals surface area contributed by atoms with Gasteiger partial charge in [0.15, 0.2) is 5.78 Å². The van der Waals surface area contributed by atoms with Crippen LogP contribution in [0.3, 0.4) is 0 Å². The first kappa shape index (κ1) is 16.5. The van der Waals surface area contributed by atoms with Crippen LogP contribution in [0, 0.1) is 0 Å². The number of rotatable bonds is 4. The maximum atomic E-state index is 12.0. The molecule has 0 fully saturated rings. The van der Waals surface area contributed by atoms with E-state index in [1.54, 1.807) is 5.38 Å². The Hall–Kier alpha value is -1.53. The van der Waals surface area contributed by atoms with Gasteiger partial charge in [-0.25, -0.2) is 10.1 Å². The van der Waals surface area contributed by atoms with E-state index in [-0.39, 0.29) is 23.7 Å². The van der Waals surface area contributed by atoms with E-state index in [1.165, 1.54) is 18.3 Å². The van der Waals surface area contributed by atoms with Gasteiger partial charge in [-0.2, -0.15) is 5.10 Å². The second-order valence-corrected chi connectivity index (χ2v) is 5.01. The number of aryl methyl sites for hydroxylation is 1. The van der Waals surface area contributed by atoms with Crippen LogP contribution in [0.2, 0.25) is 0 Å². The highest BCUT2D eigenvalue weighted by Crippen LogP contribution is 2.25. The van der Waals surface area contributed by atoms with Crippen LogP contribution in [0.4, 0.5) is 0 Å². The van der Waals surface area contributed by atoms with Gasteiger partial charge < -0.3 is 0 Å². The van der Waals surface area contributed by atoms with E-state index < -0.39 is 0 Å². The lowest BCUT2D eigenvalue weighted by Crippen LogP contribution is -2.16. The van der Waals surface area contributed by atoms with Crippen molar-refractivity contribution in [1.29, 1.82) is 0 Å². The number of thiazole rings is 1. The molecule has 0 bridgehead atoms. The molecule has 0 atom stereocenters. The summed E-state index contributed by atoms with van der Waals surface area (Å²) in [7, 11) is 0. The van der Waals surface area contributed by atoms with Gasteiger partial charge in [0.1, 0.15) is 10.7 Å². The topological polar surface area (TPSA) is 75.7 Å². The lowest BCUT2D eigenvalue weighted by atomic mass is 10.0. The van der Waals surface area contributed by atoms with Crippen molar-refractivity contribution in [3.63, 3.8) is 0 Å².